The highest BCUT2D eigenvalue weighted by molar-refractivity contribution is 5.80. The number of benzene rings is 1. The highest BCUT2D eigenvalue weighted by Gasteiger charge is 2.39. The molecule has 2 aliphatic rings. The number of nitrogens with one attached hydrogen (secondary N) is 1. The van der Waals surface area contributed by atoms with Crippen LogP contribution in [-0.2, 0) is 16.0 Å². The molecule has 2 aliphatic heterocycles. The third-order valence-electron chi connectivity index (χ3n) is 5.29. The summed E-state index contributed by atoms with van der Waals surface area (Å²) in [6, 6.07) is 4.63. The Labute approximate surface area is 147 Å². The lowest BCUT2D eigenvalue weighted by atomic mass is 9.84. The molecule has 5 nitrogen and oxygen atoms in total. The van der Waals surface area contributed by atoms with Crippen molar-refractivity contribution in [3.8, 4) is 5.75 Å². The van der Waals surface area contributed by atoms with E-state index >= 15 is 0 Å². The van der Waals surface area contributed by atoms with E-state index in [-0.39, 0.29) is 17.6 Å². The van der Waals surface area contributed by atoms with Crippen molar-refractivity contribution in [2.45, 2.75) is 50.5 Å². The van der Waals surface area contributed by atoms with Crippen LogP contribution in [0, 0.1) is 5.82 Å². The van der Waals surface area contributed by atoms with Gasteiger partial charge in [-0.15, -0.1) is 0 Å². The molecule has 25 heavy (non-hydrogen) atoms. The number of ether oxygens (including phenoxy) is 1. The number of nitrogens with zero attached hydrogens (tertiary/aromatic N) is 1. The summed E-state index contributed by atoms with van der Waals surface area (Å²) in [5.41, 5.74) is -0.0465. The summed E-state index contributed by atoms with van der Waals surface area (Å²) in [5.74, 6) is 0.372. The lowest BCUT2D eigenvalue weighted by Gasteiger charge is -2.30. The van der Waals surface area contributed by atoms with Crippen molar-refractivity contribution in [3.05, 3.63) is 29.6 Å². The molecule has 6 heteroatoms. The van der Waals surface area contributed by atoms with Crippen LogP contribution in [0.1, 0.15) is 44.1 Å². The monoisotopic (exact) mass is 348 g/mol. The second kappa shape index (κ2) is 7.42. The van der Waals surface area contributed by atoms with Gasteiger partial charge in [0.2, 0.25) is 11.8 Å². The highest BCUT2D eigenvalue weighted by atomic mass is 19.1. The average molecular weight is 348 g/mol. The van der Waals surface area contributed by atoms with Crippen LogP contribution >= 0.6 is 0 Å². The van der Waals surface area contributed by atoms with E-state index in [9.17, 15) is 14.0 Å². The molecular formula is C19H25FN2O3. The predicted octanol–water partition coefficient (Wildman–Crippen LogP) is 2.43. The Kier molecular flexibility index (Phi) is 5.25. The number of amides is 2. The van der Waals surface area contributed by atoms with Crippen molar-refractivity contribution in [1.29, 1.82) is 0 Å². The van der Waals surface area contributed by atoms with E-state index < -0.39 is 5.54 Å². The Morgan fingerprint density at radius 1 is 1.36 bits per heavy atom. The summed E-state index contributed by atoms with van der Waals surface area (Å²) >= 11 is 0. The molecule has 136 valence electrons. The second-order valence-corrected chi connectivity index (χ2v) is 7.05. The number of carbonyl (C=O) groups is 2. The van der Waals surface area contributed by atoms with E-state index in [0.717, 1.165) is 25.9 Å². The number of hydrogen-bond acceptors (Lipinski definition) is 3. The molecule has 0 aromatic heterocycles. The summed E-state index contributed by atoms with van der Waals surface area (Å²) in [6.45, 7) is 1.64. The molecule has 0 saturated carbocycles. The van der Waals surface area contributed by atoms with Gasteiger partial charge >= 0.3 is 0 Å². The van der Waals surface area contributed by atoms with E-state index in [1.54, 1.807) is 19.2 Å². The van der Waals surface area contributed by atoms with Gasteiger partial charge in [-0.25, -0.2) is 4.39 Å². The maximum atomic E-state index is 14.2. The van der Waals surface area contributed by atoms with Crippen LogP contribution in [0.15, 0.2) is 18.2 Å². The Morgan fingerprint density at radius 3 is 2.76 bits per heavy atom. The summed E-state index contributed by atoms with van der Waals surface area (Å²) in [5, 5.41) is 3.01. The van der Waals surface area contributed by atoms with Crippen LogP contribution in [0.4, 0.5) is 4.39 Å². The Hall–Kier alpha value is -2.11. The number of carbonyl (C=O) groups excluding carboxylic acids is 2. The van der Waals surface area contributed by atoms with Crippen molar-refractivity contribution in [1.82, 2.24) is 10.2 Å². The zero-order valence-corrected chi connectivity index (χ0v) is 14.6. The molecule has 1 atom stereocenters. The van der Waals surface area contributed by atoms with Gasteiger partial charge in [-0.3, -0.25) is 9.59 Å². The van der Waals surface area contributed by atoms with Gasteiger partial charge in [-0.05, 0) is 55.9 Å². The largest absolute Gasteiger partial charge is 0.497 e. The van der Waals surface area contributed by atoms with Gasteiger partial charge in [0.05, 0.1) is 7.11 Å². The van der Waals surface area contributed by atoms with Crippen LogP contribution < -0.4 is 10.1 Å². The first-order valence-electron chi connectivity index (χ1n) is 8.93. The molecule has 3 rings (SSSR count). The summed E-state index contributed by atoms with van der Waals surface area (Å²) in [4.78, 5) is 26.1. The minimum Gasteiger partial charge on any atom is -0.497 e. The zero-order chi connectivity index (χ0) is 17.9. The fourth-order valence-corrected chi connectivity index (χ4v) is 3.83. The normalized spacial score (nSPS) is 23.0. The first-order valence-corrected chi connectivity index (χ1v) is 8.93. The lowest BCUT2D eigenvalue weighted by Crippen LogP contribution is -2.45. The lowest BCUT2D eigenvalue weighted by molar-refractivity contribution is -0.130. The SMILES string of the molecule is COc1ccc(F)c(CC2(CCC(=O)N3CCCC3)CCC(=O)N2)c1. The number of likely N-dealkylation sites (tertiary alicyclic amines) is 1. The average Bonchev–Trinajstić information content (AvgIpc) is 3.25. The second-order valence-electron chi connectivity index (χ2n) is 7.05. The van der Waals surface area contributed by atoms with Crippen LogP contribution in [0.2, 0.25) is 0 Å². The van der Waals surface area contributed by atoms with Crippen molar-refractivity contribution in [3.63, 3.8) is 0 Å². The first kappa shape index (κ1) is 17.7. The predicted molar refractivity (Wildman–Crippen MR) is 91.8 cm³/mol. The molecule has 1 unspecified atom stereocenters. The first-order chi connectivity index (χ1) is 12.0. The van der Waals surface area contributed by atoms with Crippen molar-refractivity contribution in [2.24, 2.45) is 0 Å². The molecule has 1 N–H and O–H groups in total. The third kappa shape index (κ3) is 4.11. The molecule has 2 fully saturated rings. The summed E-state index contributed by atoms with van der Waals surface area (Å²) in [7, 11) is 1.54. The standard InChI is InChI=1S/C19H25FN2O3/c1-25-15-4-5-16(20)14(12-15)13-19(8-6-17(23)21-19)9-7-18(24)22-10-2-3-11-22/h4-5,12H,2-3,6-11,13H2,1H3,(H,21,23). The smallest absolute Gasteiger partial charge is 0.222 e. The van der Waals surface area contributed by atoms with Crippen molar-refractivity contribution >= 4 is 11.8 Å². The minimum atomic E-state index is -0.556. The number of rotatable bonds is 6. The number of halogens is 1. The molecule has 2 heterocycles. The van der Waals surface area contributed by atoms with Crippen LogP contribution in [0.3, 0.4) is 0 Å². The van der Waals surface area contributed by atoms with Gasteiger partial charge in [-0.1, -0.05) is 0 Å². The van der Waals surface area contributed by atoms with E-state index in [2.05, 4.69) is 5.32 Å². The quantitative estimate of drug-likeness (QED) is 0.859. The topological polar surface area (TPSA) is 58.6 Å². The molecule has 2 saturated heterocycles. The molecule has 0 bridgehead atoms. The third-order valence-corrected chi connectivity index (χ3v) is 5.29. The Bertz CT molecular complexity index is 658. The van der Waals surface area contributed by atoms with Gasteiger partial charge < -0.3 is 15.0 Å². The highest BCUT2D eigenvalue weighted by Crippen LogP contribution is 2.32. The Balaban J connectivity index is 1.72. The van der Waals surface area contributed by atoms with Crippen molar-refractivity contribution < 1.29 is 18.7 Å². The van der Waals surface area contributed by atoms with Crippen LogP contribution in [-0.4, -0.2) is 42.5 Å². The summed E-state index contributed by atoms with van der Waals surface area (Å²) in [6.07, 6.45) is 4.44. The Morgan fingerprint density at radius 2 is 2.12 bits per heavy atom. The van der Waals surface area contributed by atoms with Gasteiger partial charge in [0.1, 0.15) is 11.6 Å². The molecule has 0 spiro atoms. The van der Waals surface area contributed by atoms with E-state index in [0.29, 0.717) is 43.4 Å². The summed E-state index contributed by atoms with van der Waals surface area (Å²) < 4.78 is 19.4. The molecule has 0 aliphatic carbocycles. The molecule has 1 aromatic carbocycles. The fourth-order valence-electron chi connectivity index (χ4n) is 3.83. The fraction of sp³-hybridized carbons (Fsp3) is 0.579. The molecule has 1 aromatic rings. The van der Waals surface area contributed by atoms with Gasteiger partial charge in [-0.2, -0.15) is 0 Å². The van der Waals surface area contributed by atoms with Gasteiger partial charge in [0.25, 0.3) is 0 Å². The van der Waals surface area contributed by atoms with Gasteiger partial charge in [0, 0.05) is 31.5 Å². The molecule has 2 amide bonds. The zero-order valence-electron chi connectivity index (χ0n) is 14.6. The van der Waals surface area contributed by atoms with Crippen molar-refractivity contribution in [2.75, 3.05) is 20.2 Å². The van der Waals surface area contributed by atoms with E-state index in [1.165, 1.54) is 6.07 Å². The van der Waals surface area contributed by atoms with E-state index in [4.69, 9.17) is 4.74 Å². The van der Waals surface area contributed by atoms with Gasteiger partial charge in [0.15, 0.2) is 0 Å². The molecule has 0 radical (unpaired) electrons. The van der Waals surface area contributed by atoms with E-state index in [1.807, 2.05) is 4.90 Å². The number of hydrogen-bond donors (Lipinski definition) is 1. The molecular weight excluding hydrogens is 323 g/mol. The van der Waals surface area contributed by atoms with Crippen LogP contribution in [0.25, 0.3) is 0 Å². The number of methoxy groups -OCH3 is 1. The maximum Gasteiger partial charge on any atom is 0.222 e. The van der Waals surface area contributed by atoms with Crippen LogP contribution in [0.5, 0.6) is 5.75 Å². The minimum absolute atomic E-state index is 0.0306. The maximum absolute atomic E-state index is 14.2.